The molecule has 78 valence electrons. The second-order valence-electron chi connectivity index (χ2n) is 3.19. The van der Waals surface area contributed by atoms with Gasteiger partial charge < -0.3 is 10.6 Å². The summed E-state index contributed by atoms with van der Waals surface area (Å²) >= 11 is 5.75. The van der Waals surface area contributed by atoms with Crippen LogP contribution in [0.4, 0.5) is 5.82 Å². The first-order valence-electron chi connectivity index (χ1n) is 4.24. The molecule has 0 bridgehead atoms. The Labute approximate surface area is 93.9 Å². The maximum absolute atomic E-state index is 5.78. The summed E-state index contributed by atoms with van der Waals surface area (Å²) in [7, 11) is 0. The summed E-state index contributed by atoms with van der Waals surface area (Å²) in [6, 6.07) is 2.02. The maximum Gasteiger partial charge on any atom is 0.134 e. The largest absolute Gasteiger partial charge is 0.355 e. The fourth-order valence-electron chi connectivity index (χ4n) is 1.49. The highest BCUT2D eigenvalue weighted by molar-refractivity contribution is 6.29. The Kier molecular flexibility index (Phi) is 3.92. The van der Waals surface area contributed by atoms with Crippen LogP contribution in [0, 0.1) is 0 Å². The van der Waals surface area contributed by atoms with Gasteiger partial charge in [-0.05, 0) is 6.42 Å². The first kappa shape index (κ1) is 11.5. The lowest BCUT2D eigenvalue weighted by atomic mass is 10.3. The van der Waals surface area contributed by atoms with E-state index in [0.717, 1.165) is 25.3 Å². The first-order valence-corrected chi connectivity index (χ1v) is 4.61. The Bertz CT molecular complexity index is 307. The van der Waals surface area contributed by atoms with Crippen LogP contribution in [0.15, 0.2) is 12.4 Å². The van der Waals surface area contributed by atoms with E-state index < -0.39 is 0 Å². The van der Waals surface area contributed by atoms with E-state index in [1.165, 1.54) is 6.33 Å². The van der Waals surface area contributed by atoms with Crippen LogP contribution in [0.2, 0.25) is 5.15 Å². The van der Waals surface area contributed by atoms with Crippen LogP contribution in [0.1, 0.15) is 6.42 Å². The molecule has 0 unspecified atom stereocenters. The van der Waals surface area contributed by atoms with Crippen molar-refractivity contribution in [2.45, 2.75) is 12.5 Å². The molecule has 1 aromatic rings. The minimum atomic E-state index is 0. The van der Waals surface area contributed by atoms with Crippen molar-refractivity contribution >= 4 is 29.8 Å². The van der Waals surface area contributed by atoms with Crippen LogP contribution in [0.3, 0.4) is 0 Å². The molecule has 1 fully saturated rings. The molecule has 2 rings (SSSR count). The predicted octanol–water partition coefficient (Wildman–Crippen LogP) is 1.09. The third-order valence-electron chi connectivity index (χ3n) is 2.17. The predicted molar refractivity (Wildman–Crippen MR) is 59.1 cm³/mol. The smallest absolute Gasteiger partial charge is 0.134 e. The summed E-state index contributed by atoms with van der Waals surface area (Å²) in [5.41, 5.74) is 5.78. The van der Waals surface area contributed by atoms with Gasteiger partial charge in [0.15, 0.2) is 0 Å². The van der Waals surface area contributed by atoms with Gasteiger partial charge in [0.2, 0.25) is 0 Å². The third kappa shape index (κ3) is 2.47. The number of hydrogen-bond donors (Lipinski definition) is 1. The molecule has 14 heavy (non-hydrogen) atoms. The molecule has 0 aliphatic carbocycles. The van der Waals surface area contributed by atoms with E-state index in [2.05, 4.69) is 14.9 Å². The van der Waals surface area contributed by atoms with Gasteiger partial charge in [-0.25, -0.2) is 9.97 Å². The first-order chi connectivity index (χ1) is 6.25. The van der Waals surface area contributed by atoms with Gasteiger partial charge in [-0.2, -0.15) is 0 Å². The lowest BCUT2D eigenvalue weighted by Crippen LogP contribution is -2.26. The van der Waals surface area contributed by atoms with Crippen molar-refractivity contribution in [1.29, 1.82) is 0 Å². The van der Waals surface area contributed by atoms with Gasteiger partial charge in [0.05, 0.1) is 0 Å². The van der Waals surface area contributed by atoms with Crippen molar-refractivity contribution in [3.8, 4) is 0 Å². The van der Waals surface area contributed by atoms with Gasteiger partial charge in [-0.15, -0.1) is 12.4 Å². The molecule has 2 N–H and O–H groups in total. The Morgan fingerprint density at radius 1 is 1.50 bits per heavy atom. The molecule has 0 aromatic carbocycles. The van der Waals surface area contributed by atoms with E-state index >= 15 is 0 Å². The standard InChI is InChI=1S/C8H11ClN4.ClH/c9-7-3-8(12-5-11-7)13-2-1-6(10)4-13;/h3,5-6H,1-2,4,10H2;1H/t6-;/m0./s1. The molecule has 1 aromatic heterocycles. The normalized spacial score (nSPS) is 20.7. The zero-order valence-electron chi connectivity index (χ0n) is 7.56. The number of nitrogens with zero attached hydrogens (tertiary/aromatic N) is 3. The van der Waals surface area contributed by atoms with Crippen molar-refractivity contribution in [2.24, 2.45) is 5.73 Å². The Morgan fingerprint density at radius 3 is 2.86 bits per heavy atom. The van der Waals surface area contributed by atoms with E-state index in [-0.39, 0.29) is 18.4 Å². The SMILES string of the molecule is Cl.N[C@H]1CCN(c2cc(Cl)ncn2)C1. The molecule has 0 spiro atoms. The van der Waals surface area contributed by atoms with E-state index in [9.17, 15) is 0 Å². The van der Waals surface area contributed by atoms with Gasteiger partial charge in [-0.1, -0.05) is 11.6 Å². The number of anilines is 1. The van der Waals surface area contributed by atoms with Gasteiger partial charge >= 0.3 is 0 Å². The fourth-order valence-corrected chi connectivity index (χ4v) is 1.63. The molecule has 0 radical (unpaired) electrons. The van der Waals surface area contributed by atoms with E-state index in [1.807, 2.05) is 0 Å². The van der Waals surface area contributed by atoms with Crippen LogP contribution < -0.4 is 10.6 Å². The minimum Gasteiger partial charge on any atom is -0.355 e. The van der Waals surface area contributed by atoms with Gasteiger partial charge in [0.25, 0.3) is 0 Å². The van der Waals surface area contributed by atoms with Crippen molar-refractivity contribution in [3.63, 3.8) is 0 Å². The molecule has 0 amide bonds. The Morgan fingerprint density at radius 2 is 2.29 bits per heavy atom. The zero-order chi connectivity index (χ0) is 9.26. The van der Waals surface area contributed by atoms with Crippen LogP contribution in [0.25, 0.3) is 0 Å². The van der Waals surface area contributed by atoms with Crippen molar-refractivity contribution in [1.82, 2.24) is 9.97 Å². The molecule has 6 heteroatoms. The molecular weight excluding hydrogens is 223 g/mol. The van der Waals surface area contributed by atoms with Crippen LogP contribution in [0.5, 0.6) is 0 Å². The van der Waals surface area contributed by atoms with E-state index in [1.54, 1.807) is 6.07 Å². The number of halogens is 2. The van der Waals surface area contributed by atoms with Crippen LogP contribution >= 0.6 is 24.0 Å². The topological polar surface area (TPSA) is 55.0 Å². The molecular formula is C8H12Cl2N4. The molecule has 1 aliphatic heterocycles. The Hall–Kier alpha value is -0.580. The highest BCUT2D eigenvalue weighted by Crippen LogP contribution is 2.18. The summed E-state index contributed by atoms with van der Waals surface area (Å²) in [6.07, 6.45) is 2.49. The summed E-state index contributed by atoms with van der Waals surface area (Å²) in [5, 5.41) is 0.477. The molecule has 0 saturated carbocycles. The van der Waals surface area contributed by atoms with Crippen molar-refractivity contribution in [2.75, 3.05) is 18.0 Å². The highest BCUT2D eigenvalue weighted by Gasteiger charge is 2.20. The summed E-state index contributed by atoms with van der Waals surface area (Å²) in [5.74, 6) is 0.868. The fraction of sp³-hybridized carbons (Fsp3) is 0.500. The lowest BCUT2D eigenvalue weighted by molar-refractivity contribution is 0.751. The average molecular weight is 235 g/mol. The summed E-state index contributed by atoms with van der Waals surface area (Å²) in [6.45, 7) is 1.81. The van der Waals surface area contributed by atoms with E-state index in [4.69, 9.17) is 17.3 Å². The van der Waals surface area contributed by atoms with Crippen LogP contribution in [-0.4, -0.2) is 29.1 Å². The third-order valence-corrected chi connectivity index (χ3v) is 2.37. The maximum atomic E-state index is 5.78. The number of aromatic nitrogens is 2. The monoisotopic (exact) mass is 234 g/mol. The van der Waals surface area contributed by atoms with E-state index in [0.29, 0.717) is 5.15 Å². The average Bonchev–Trinajstić information content (AvgIpc) is 2.52. The summed E-state index contributed by atoms with van der Waals surface area (Å²) in [4.78, 5) is 10.1. The number of rotatable bonds is 1. The zero-order valence-corrected chi connectivity index (χ0v) is 9.13. The van der Waals surface area contributed by atoms with Crippen LogP contribution in [-0.2, 0) is 0 Å². The quantitative estimate of drug-likeness (QED) is 0.740. The molecule has 1 aliphatic rings. The second-order valence-corrected chi connectivity index (χ2v) is 3.58. The van der Waals surface area contributed by atoms with Gasteiger partial charge in [0.1, 0.15) is 17.3 Å². The second kappa shape index (κ2) is 4.77. The minimum absolute atomic E-state index is 0. The van der Waals surface area contributed by atoms with Gasteiger partial charge in [0, 0.05) is 25.2 Å². The van der Waals surface area contributed by atoms with Gasteiger partial charge in [-0.3, -0.25) is 0 Å². The summed E-state index contributed by atoms with van der Waals surface area (Å²) < 4.78 is 0. The molecule has 1 saturated heterocycles. The van der Waals surface area contributed by atoms with Crippen molar-refractivity contribution in [3.05, 3.63) is 17.5 Å². The van der Waals surface area contributed by atoms with Crippen molar-refractivity contribution < 1.29 is 0 Å². The number of nitrogens with two attached hydrogens (primary N) is 1. The lowest BCUT2D eigenvalue weighted by Gasteiger charge is -2.15. The number of hydrogen-bond acceptors (Lipinski definition) is 4. The molecule has 1 atom stereocenters. The highest BCUT2D eigenvalue weighted by atomic mass is 35.5. The molecule has 4 nitrogen and oxygen atoms in total. The molecule has 2 heterocycles. The Balaban J connectivity index is 0.000000980.